The normalized spacial score (nSPS) is 21.5. The Hall–Kier alpha value is -0.690. The molecule has 19 heavy (non-hydrogen) atoms. The van der Waals surface area contributed by atoms with E-state index in [1.165, 1.54) is 10.4 Å². The van der Waals surface area contributed by atoms with Gasteiger partial charge in [-0.25, -0.2) is 12.8 Å². The van der Waals surface area contributed by atoms with Crippen molar-refractivity contribution in [2.24, 2.45) is 0 Å². The van der Waals surface area contributed by atoms with Crippen molar-refractivity contribution in [3.63, 3.8) is 0 Å². The Balaban J connectivity index is 2.40. The number of aliphatic hydroxyl groups excluding tert-OH is 1. The molecule has 1 unspecified atom stereocenters. The predicted octanol–water partition coefficient (Wildman–Crippen LogP) is 2.01. The Kier molecular flexibility index (Phi) is 4.45. The summed E-state index contributed by atoms with van der Waals surface area (Å²) in [4.78, 5) is -0.391. The van der Waals surface area contributed by atoms with E-state index in [4.69, 9.17) is 11.6 Å². The van der Waals surface area contributed by atoms with E-state index < -0.39 is 26.8 Å². The first-order valence-electron chi connectivity index (χ1n) is 6.04. The lowest BCUT2D eigenvalue weighted by atomic mass is 10.1. The molecule has 1 N–H and O–H groups in total. The van der Waals surface area contributed by atoms with Crippen molar-refractivity contribution in [2.45, 2.75) is 30.2 Å². The summed E-state index contributed by atoms with van der Waals surface area (Å²) >= 11 is 5.62. The van der Waals surface area contributed by atoms with Crippen LogP contribution in [0.4, 0.5) is 4.39 Å². The minimum absolute atomic E-state index is 0.147. The van der Waals surface area contributed by atoms with Crippen LogP contribution in [-0.4, -0.2) is 37.0 Å². The number of rotatable bonds is 3. The van der Waals surface area contributed by atoms with Gasteiger partial charge in [0.25, 0.3) is 0 Å². The van der Waals surface area contributed by atoms with Gasteiger partial charge in [0.05, 0.1) is 6.61 Å². The Morgan fingerprint density at radius 1 is 1.42 bits per heavy atom. The van der Waals surface area contributed by atoms with Crippen LogP contribution >= 0.6 is 11.6 Å². The van der Waals surface area contributed by atoms with E-state index in [1.54, 1.807) is 0 Å². The van der Waals surface area contributed by atoms with Gasteiger partial charge in [0.2, 0.25) is 10.0 Å². The molecule has 0 aliphatic carbocycles. The Labute approximate surface area is 116 Å². The van der Waals surface area contributed by atoms with Crippen molar-refractivity contribution < 1.29 is 17.9 Å². The molecule has 1 heterocycles. The highest BCUT2D eigenvalue weighted by molar-refractivity contribution is 7.89. The maximum absolute atomic E-state index is 13.8. The van der Waals surface area contributed by atoms with E-state index in [-0.39, 0.29) is 11.6 Å². The van der Waals surface area contributed by atoms with Crippen molar-refractivity contribution in [1.82, 2.24) is 4.31 Å². The summed E-state index contributed by atoms with van der Waals surface area (Å²) in [7, 11) is -3.93. The van der Waals surface area contributed by atoms with E-state index in [9.17, 15) is 17.9 Å². The van der Waals surface area contributed by atoms with Crippen molar-refractivity contribution in [3.8, 4) is 0 Å². The van der Waals surface area contributed by atoms with Crippen LogP contribution < -0.4 is 0 Å². The molecule has 0 amide bonds. The molecular weight excluding hydrogens is 293 g/mol. The Bertz CT molecular complexity index is 564. The van der Waals surface area contributed by atoms with Crippen molar-refractivity contribution >= 4 is 21.6 Å². The van der Waals surface area contributed by atoms with Crippen LogP contribution in [0, 0.1) is 5.82 Å². The fourth-order valence-electron chi connectivity index (χ4n) is 2.28. The Morgan fingerprint density at radius 3 is 2.79 bits per heavy atom. The molecule has 1 aromatic rings. The average molecular weight is 308 g/mol. The minimum Gasteiger partial charge on any atom is -0.395 e. The molecule has 2 rings (SSSR count). The van der Waals surface area contributed by atoms with E-state index in [1.807, 2.05) is 0 Å². The van der Waals surface area contributed by atoms with Gasteiger partial charge in [-0.3, -0.25) is 0 Å². The van der Waals surface area contributed by atoms with Gasteiger partial charge in [-0.15, -0.1) is 0 Å². The predicted molar refractivity (Wildman–Crippen MR) is 70.0 cm³/mol. The molecule has 1 saturated heterocycles. The molecule has 0 saturated carbocycles. The lowest BCUT2D eigenvalue weighted by Crippen LogP contribution is -2.45. The molecule has 1 aliphatic rings. The molecule has 0 radical (unpaired) electrons. The van der Waals surface area contributed by atoms with Gasteiger partial charge in [-0.05, 0) is 31.0 Å². The second-order valence-electron chi connectivity index (χ2n) is 4.52. The lowest BCUT2D eigenvalue weighted by Gasteiger charge is -2.33. The fourth-order valence-corrected chi connectivity index (χ4v) is 4.17. The number of piperidine rings is 1. The van der Waals surface area contributed by atoms with Gasteiger partial charge in [-0.2, -0.15) is 4.31 Å². The summed E-state index contributed by atoms with van der Waals surface area (Å²) < 4.78 is 39.8. The van der Waals surface area contributed by atoms with Gasteiger partial charge < -0.3 is 5.11 Å². The summed E-state index contributed by atoms with van der Waals surface area (Å²) in [6.45, 7) is 0.0457. The minimum atomic E-state index is -3.93. The van der Waals surface area contributed by atoms with Gasteiger partial charge in [0.15, 0.2) is 0 Å². The van der Waals surface area contributed by atoms with Gasteiger partial charge >= 0.3 is 0 Å². The molecular formula is C12H15ClFNO3S. The number of hydrogen-bond donors (Lipinski definition) is 1. The maximum atomic E-state index is 13.8. The van der Waals surface area contributed by atoms with Crippen LogP contribution in [0.1, 0.15) is 19.3 Å². The van der Waals surface area contributed by atoms with E-state index in [2.05, 4.69) is 0 Å². The van der Waals surface area contributed by atoms with Gasteiger partial charge in [0.1, 0.15) is 10.7 Å². The molecule has 1 aliphatic heterocycles. The molecule has 0 aromatic heterocycles. The highest BCUT2D eigenvalue weighted by atomic mass is 35.5. The number of benzene rings is 1. The van der Waals surface area contributed by atoms with Crippen LogP contribution in [0.15, 0.2) is 23.1 Å². The van der Waals surface area contributed by atoms with Crippen molar-refractivity contribution in [3.05, 3.63) is 29.0 Å². The summed E-state index contributed by atoms with van der Waals surface area (Å²) in [6, 6.07) is 3.01. The SMILES string of the molecule is O=S(=O)(c1ccc(Cl)cc1F)N1CCCCC1CO. The number of sulfonamides is 1. The summed E-state index contributed by atoms with van der Waals surface area (Å²) in [5.74, 6) is -0.866. The monoisotopic (exact) mass is 307 g/mol. The second-order valence-corrected chi connectivity index (χ2v) is 6.82. The quantitative estimate of drug-likeness (QED) is 0.929. The zero-order valence-corrected chi connectivity index (χ0v) is 11.8. The van der Waals surface area contributed by atoms with E-state index >= 15 is 0 Å². The standard InChI is InChI=1S/C12H15ClFNO3S/c13-9-4-5-12(11(14)7-9)19(17,18)15-6-2-1-3-10(15)8-16/h4-5,7,10,16H,1-3,6,8H2. The third-order valence-corrected chi connectivity index (χ3v) is 5.48. The first kappa shape index (κ1) is 14.7. The zero-order chi connectivity index (χ0) is 14.0. The van der Waals surface area contributed by atoms with Crippen LogP contribution in [0.3, 0.4) is 0 Å². The average Bonchev–Trinajstić information content (AvgIpc) is 2.38. The van der Waals surface area contributed by atoms with E-state index in [0.29, 0.717) is 19.4 Å². The van der Waals surface area contributed by atoms with Crippen LogP contribution in [0.5, 0.6) is 0 Å². The third kappa shape index (κ3) is 2.91. The van der Waals surface area contributed by atoms with Crippen LogP contribution in [0.25, 0.3) is 0 Å². The highest BCUT2D eigenvalue weighted by Gasteiger charge is 2.34. The molecule has 1 fully saturated rings. The number of hydrogen-bond acceptors (Lipinski definition) is 3. The summed E-state index contributed by atoms with van der Waals surface area (Å²) in [6.07, 6.45) is 2.16. The van der Waals surface area contributed by atoms with Gasteiger partial charge in [-0.1, -0.05) is 18.0 Å². The van der Waals surface area contributed by atoms with Crippen LogP contribution in [-0.2, 0) is 10.0 Å². The first-order chi connectivity index (χ1) is 8.96. The number of nitrogens with zero attached hydrogens (tertiary/aromatic N) is 1. The molecule has 1 aromatic carbocycles. The first-order valence-corrected chi connectivity index (χ1v) is 7.86. The van der Waals surface area contributed by atoms with Crippen molar-refractivity contribution in [1.29, 1.82) is 0 Å². The summed E-state index contributed by atoms with van der Waals surface area (Å²) in [5.41, 5.74) is 0. The fraction of sp³-hybridized carbons (Fsp3) is 0.500. The molecule has 7 heteroatoms. The molecule has 106 valence electrons. The van der Waals surface area contributed by atoms with Gasteiger partial charge in [0, 0.05) is 17.6 Å². The smallest absolute Gasteiger partial charge is 0.246 e. The highest BCUT2D eigenvalue weighted by Crippen LogP contribution is 2.27. The van der Waals surface area contributed by atoms with E-state index in [0.717, 1.165) is 18.6 Å². The Morgan fingerprint density at radius 2 is 2.16 bits per heavy atom. The molecule has 0 spiro atoms. The second kappa shape index (κ2) is 5.75. The number of aliphatic hydroxyl groups is 1. The maximum Gasteiger partial charge on any atom is 0.246 e. The molecule has 0 bridgehead atoms. The number of halogens is 2. The summed E-state index contributed by atoms with van der Waals surface area (Å²) in [5, 5.41) is 9.41. The topological polar surface area (TPSA) is 57.6 Å². The van der Waals surface area contributed by atoms with Crippen LogP contribution in [0.2, 0.25) is 5.02 Å². The third-order valence-electron chi connectivity index (χ3n) is 3.26. The molecule has 4 nitrogen and oxygen atoms in total. The molecule has 1 atom stereocenters. The zero-order valence-electron chi connectivity index (χ0n) is 10.2. The van der Waals surface area contributed by atoms with Crippen molar-refractivity contribution in [2.75, 3.05) is 13.2 Å². The lowest BCUT2D eigenvalue weighted by molar-refractivity contribution is 0.155. The largest absolute Gasteiger partial charge is 0.395 e.